The van der Waals surface area contributed by atoms with Gasteiger partial charge >= 0.3 is 0 Å². The van der Waals surface area contributed by atoms with Crippen LogP contribution in [0, 0.1) is 5.92 Å². The number of ketones is 1. The summed E-state index contributed by atoms with van der Waals surface area (Å²) < 4.78 is 0. The summed E-state index contributed by atoms with van der Waals surface area (Å²) in [5, 5.41) is 2.78. The molecule has 82 valence electrons. The Morgan fingerprint density at radius 1 is 1.36 bits per heavy atom. The molecular weight excluding hydrogens is 180 g/mol. The highest BCUT2D eigenvalue weighted by Gasteiger charge is 2.26. The van der Waals surface area contributed by atoms with Crippen LogP contribution in [-0.2, 0) is 9.59 Å². The summed E-state index contributed by atoms with van der Waals surface area (Å²) in [4.78, 5) is 24.3. The van der Waals surface area contributed by atoms with Crippen LogP contribution in [0.3, 0.4) is 0 Å². The highest BCUT2D eigenvalue weighted by molar-refractivity contribution is 5.88. The van der Waals surface area contributed by atoms with Gasteiger partial charge in [-0.3, -0.25) is 9.59 Å². The van der Waals surface area contributed by atoms with E-state index in [1.807, 2.05) is 13.8 Å². The van der Waals surface area contributed by atoms with Crippen molar-refractivity contribution < 1.29 is 9.59 Å². The van der Waals surface area contributed by atoms with E-state index in [0.29, 0.717) is 0 Å². The molecule has 0 fully saturated rings. The first-order valence-corrected chi connectivity index (χ1v) is 4.82. The maximum Gasteiger partial charge on any atom is 0.236 e. The van der Waals surface area contributed by atoms with Gasteiger partial charge in [0.25, 0.3) is 0 Å². The third kappa shape index (κ3) is 3.46. The molecule has 0 aliphatic rings. The fraction of sp³-hybridized carbons (Fsp3) is 0.800. The van der Waals surface area contributed by atoms with Gasteiger partial charge in [-0.25, -0.2) is 0 Å². The molecule has 4 nitrogen and oxygen atoms in total. The maximum atomic E-state index is 11.5. The summed E-state index contributed by atoms with van der Waals surface area (Å²) >= 11 is 0. The topological polar surface area (TPSA) is 49.4 Å². The Bertz CT molecular complexity index is 214. The second-order valence-electron chi connectivity index (χ2n) is 3.83. The van der Waals surface area contributed by atoms with Gasteiger partial charge in [0, 0.05) is 7.05 Å². The molecule has 0 spiro atoms. The summed E-state index contributed by atoms with van der Waals surface area (Å²) in [5.41, 5.74) is 0. The highest BCUT2D eigenvalue weighted by Crippen LogP contribution is 2.10. The number of carbonyl (C=O) groups excluding carboxylic acids is 2. The molecule has 14 heavy (non-hydrogen) atoms. The van der Waals surface area contributed by atoms with Gasteiger partial charge in [0.2, 0.25) is 5.91 Å². The fourth-order valence-electron chi connectivity index (χ4n) is 1.62. The van der Waals surface area contributed by atoms with Crippen LogP contribution in [0.15, 0.2) is 0 Å². The molecule has 0 aromatic rings. The Morgan fingerprint density at radius 3 is 2.14 bits per heavy atom. The van der Waals surface area contributed by atoms with Crippen LogP contribution >= 0.6 is 0 Å². The van der Waals surface area contributed by atoms with Crippen LogP contribution in [-0.4, -0.2) is 43.3 Å². The van der Waals surface area contributed by atoms with Gasteiger partial charge in [0.15, 0.2) is 5.78 Å². The van der Waals surface area contributed by atoms with E-state index in [1.165, 1.54) is 11.8 Å². The number of carbonyl (C=O) groups is 2. The SMILES string of the molecule is CNCC(=O)N(C)C(C(C)=O)C(C)C. The van der Waals surface area contributed by atoms with Crippen LogP contribution in [0.2, 0.25) is 0 Å². The first-order valence-electron chi connectivity index (χ1n) is 4.82. The quantitative estimate of drug-likeness (QED) is 0.693. The van der Waals surface area contributed by atoms with Crippen molar-refractivity contribution in [1.82, 2.24) is 10.2 Å². The highest BCUT2D eigenvalue weighted by atomic mass is 16.2. The number of nitrogens with zero attached hydrogens (tertiary/aromatic N) is 1. The lowest BCUT2D eigenvalue weighted by Crippen LogP contribution is -2.47. The van der Waals surface area contributed by atoms with Gasteiger partial charge in [0.1, 0.15) is 0 Å². The van der Waals surface area contributed by atoms with Crippen molar-refractivity contribution in [2.75, 3.05) is 20.6 Å². The molecule has 1 unspecified atom stereocenters. The Morgan fingerprint density at radius 2 is 1.86 bits per heavy atom. The van der Waals surface area contributed by atoms with E-state index in [1.54, 1.807) is 14.1 Å². The second-order valence-corrected chi connectivity index (χ2v) is 3.83. The Hall–Kier alpha value is -0.900. The molecule has 0 saturated heterocycles. The van der Waals surface area contributed by atoms with Gasteiger partial charge in [-0.15, -0.1) is 0 Å². The molecule has 0 heterocycles. The Balaban J connectivity index is 4.51. The van der Waals surface area contributed by atoms with E-state index in [0.717, 1.165) is 0 Å². The number of hydrogen-bond donors (Lipinski definition) is 1. The molecular formula is C10H20N2O2. The van der Waals surface area contributed by atoms with Crippen molar-refractivity contribution in [3.63, 3.8) is 0 Å². The fourth-order valence-corrected chi connectivity index (χ4v) is 1.62. The Labute approximate surface area is 85.7 Å². The summed E-state index contributed by atoms with van der Waals surface area (Å²) in [6.45, 7) is 5.67. The molecule has 0 aliphatic heterocycles. The van der Waals surface area contributed by atoms with Crippen LogP contribution in [0.1, 0.15) is 20.8 Å². The monoisotopic (exact) mass is 200 g/mol. The number of hydrogen-bond acceptors (Lipinski definition) is 3. The van der Waals surface area contributed by atoms with Gasteiger partial charge in [0.05, 0.1) is 12.6 Å². The molecule has 1 amide bonds. The lowest BCUT2D eigenvalue weighted by atomic mass is 9.99. The minimum atomic E-state index is -0.309. The third-order valence-corrected chi connectivity index (χ3v) is 2.19. The van der Waals surface area contributed by atoms with Crippen molar-refractivity contribution in [2.24, 2.45) is 5.92 Å². The zero-order valence-corrected chi connectivity index (χ0v) is 9.63. The standard InChI is InChI=1S/C10H20N2O2/c1-7(2)10(8(3)13)12(5)9(14)6-11-4/h7,10-11H,6H2,1-5H3. The minimum Gasteiger partial charge on any atom is -0.334 e. The predicted octanol–water partition coefficient (Wildman–Crippen LogP) is 0.278. The molecule has 4 heteroatoms. The van der Waals surface area contributed by atoms with E-state index < -0.39 is 0 Å². The van der Waals surface area contributed by atoms with E-state index in [4.69, 9.17) is 0 Å². The molecule has 0 saturated carbocycles. The minimum absolute atomic E-state index is 0.0342. The number of rotatable bonds is 5. The second kappa shape index (κ2) is 5.75. The zero-order valence-electron chi connectivity index (χ0n) is 9.63. The van der Waals surface area contributed by atoms with Crippen molar-refractivity contribution in [1.29, 1.82) is 0 Å². The summed E-state index contributed by atoms with van der Waals surface area (Å²) in [7, 11) is 3.38. The summed E-state index contributed by atoms with van der Waals surface area (Å²) in [6, 6.07) is -0.309. The molecule has 0 rings (SSSR count). The molecule has 0 bridgehead atoms. The average molecular weight is 200 g/mol. The first-order chi connectivity index (χ1) is 6.41. The maximum absolute atomic E-state index is 11.5. The largest absolute Gasteiger partial charge is 0.334 e. The van der Waals surface area contributed by atoms with Crippen LogP contribution < -0.4 is 5.32 Å². The van der Waals surface area contributed by atoms with Gasteiger partial charge in [-0.1, -0.05) is 13.8 Å². The lowest BCUT2D eigenvalue weighted by molar-refractivity contribution is -0.138. The first kappa shape index (κ1) is 13.1. The third-order valence-electron chi connectivity index (χ3n) is 2.19. The van der Waals surface area contributed by atoms with Crippen molar-refractivity contribution >= 4 is 11.7 Å². The normalized spacial score (nSPS) is 12.7. The molecule has 1 N–H and O–H groups in total. The van der Waals surface area contributed by atoms with E-state index in [2.05, 4.69) is 5.32 Å². The summed E-state index contributed by atoms with van der Waals surface area (Å²) in [5.74, 6) is 0.131. The van der Waals surface area contributed by atoms with Crippen molar-refractivity contribution in [2.45, 2.75) is 26.8 Å². The van der Waals surface area contributed by atoms with Crippen LogP contribution in [0.25, 0.3) is 0 Å². The molecule has 0 aromatic heterocycles. The zero-order chi connectivity index (χ0) is 11.3. The molecule has 1 atom stereocenters. The number of nitrogens with one attached hydrogen (secondary N) is 1. The number of Topliss-reactive ketones (excluding diaryl/α,β-unsaturated/α-hetero) is 1. The summed E-state index contributed by atoms with van der Waals surface area (Å²) in [6.07, 6.45) is 0. The predicted molar refractivity (Wildman–Crippen MR) is 56.0 cm³/mol. The van der Waals surface area contributed by atoms with Crippen LogP contribution in [0.4, 0.5) is 0 Å². The molecule has 0 radical (unpaired) electrons. The van der Waals surface area contributed by atoms with Crippen molar-refractivity contribution in [3.8, 4) is 0 Å². The molecule has 0 aromatic carbocycles. The Kier molecular flexibility index (Phi) is 5.38. The van der Waals surface area contributed by atoms with Gasteiger partial charge < -0.3 is 10.2 Å². The van der Waals surface area contributed by atoms with Crippen LogP contribution in [0.5, 0.6) is 0 Å². The number of likely N-dealkylation sites (N-methyl/N-ethyl adjacent to an activating group) is 2. The van der Waals surface area contributed by atoms with E-state index >= 15 is 0 Å². The smallest absolute Gasteiger partial charge is 0.236 e. The van der Waals surface area contributed by atoms with Crippen molar-refractivity contribution in [3.05, 3.63) is 0 Å². The molecule has 0 aliphatic carbocycles. The number of amides is 1. The van der Waals surface area contributed by atoms with Gasteiger partial charge in [-0.2, -0.15) is 0 Å². The average Bonchev–Trinajstić information content (AvgIpc) is 2.03. The van der Waals surface area contributed by atoms with Gasteiger partial charge in [-0.05, 0) is 19.9 Å². The van der Waals surface area contributed by atoms with E-state index in [-0.39, 0.29) is 30.2 Å². The van der Waals surface area contributed by atoms with E-state index in [9.17, 15) is 9.59 Å². The lowest BCUT2D eigenvalue weighted by Gasteiger charge is -2.29.